The van der Waals surface area contributed by atoms with Gasteiger partial charge in [-0.05, 0) is 37.5 Å². The van der Waals surface area contributed by atoms with Crippen LogP contribution in [0.25, 0.3) is 0 Å². The highest BCUT2D eigenvalue weighted by Gasteiger charge is 2.23. The third-order valence-electron chi connectivity index (χ3n) is 3.10. The number of hydrogen-bond acceptors (Lipinski definition) is 3. The van der Waals surface area contributed by atoms with E-state index in [2.05, 4.69) is 16.0 Å². The minimum absolute atomic E-state index is 0.0695. The predicted molar refractivity (Wildman–Crippen MR) is 79.0 cm³/mol. The van der Waals surface area contributed by atoms with Crippen molar-refractivity contribution in [1.82, 2.24) is 16.0 Å². The molecule has 0 radical (unpaired) electrons. The molecule has 1 saturated carbocycles. The van der Waals surface area contributed by atoms with Crippen molar-refractivity contribution in [1.29, 1.82) is 0 Å². The summed E-state index contributed by atoms with van der Waals surface area (Å²) in [7, 11) is 0. The first-order valence-electron chi connectivity index (χ1n) is 7.30. The summed E-state index contributed by atoms with van der Waals surface area (Å²) < 4.78 is 18.7. The van der Waals surface area contributed by atoms with Crippen molar-refractivity contribution in [2.75, 3.05) is 13.2 Å². The van der Waals surface area contributed by atoms with Crippen molar-refractivity contribution in [3.05, 3.63) is 29.6 Å². The van der Waals surface area contributed by atoms with Crippen LogP contribution in [0.5, 0.6) is 5.75 Å². The Balaban J connectivity index is 1.71. The molecular weight excluding hydrogens is 289 g/mol. The Labute approximate surface area is 128 Å². The van der Waals surface area contributed by atoms with Crippen LogP contribution in [0.15, 0.2) is 18.2 Å². The molecule has 2 rings (SSSR count). The number of urea groups is 1. The molecule has 3 amide bonds. The fraction of sp³-hybridized carbons (Fsp3) is 0.467. The zero-order valence-corrected chi connectivity index (χ0v) is 12.4. The molecule has 1 aromatic rings. The number of amides is 3. The molecule has 0 heterocycles. The number of nitrogens with one attached hydrogen (secondary N) is 3. The van der Waals surface area contributed by atoms with E-state index in [9.17, 15) is 14.0 Å². The molecule has 7 heteroatoms. The van der Waals surface area contributed by atoms with Crippen molar-refractivity contribution < 1.29 is 18.7 Å². The summed E-state index contributed by atoms with van der Waals surface area (Å²) in [5.41, 5.74) is 0.610. The van der Waals surface area contributed by atoms with Gasteiger partial charge in [0.2, 0.25) is 5.91 Å². The van der Waals surface area contributed by atoms with E-state index >= 15 is 0 Å². The number of carbonyl (C=O) groups excluding carboxylic acids is 2. The summed E-state index contributed by atoms with van der Waals surface area (Å²) in [5.74, 6) is -0.484. The second-order valence-electron chi connectivity index (χ2n) is 5.08. The zero-order valence-electron chi connectivity index (χ0n) is 12.4. The van der Waals surface area contributed by atoms with Gasteiger partial charge in [0, 0.05) is 12.6 Å². The molecular formula is C15H20FN3O3. The van der Waals surface area contributed by atoms with Crippen molar-refractivity contribution in [2.24, 2.45) is 0 Å². The fourth-order valence-corrected chi connectivity index (χ4v) is 1.84. The highest BCUT2D eigenvalue weighted by atomic mass is 19.1. The third-order valence-corrected chi connectivity index (χ3v) is 3.10. The van der Waals surface area contributed by atoms with Crippen molar-refractivity contribution in [3.63, 3.8) is 0 Å². The minimum atomic E-state index is -0.472. The molecule has 0 saturated heterocycles. The Kier molecular flexibility index (Phi) is 5.57. The Morgan fingerprint density at radius 1 is 1.32 bits per heavy atom. The number of benzene rings is 1. The summed E-state index contributed by atoms with van der Waals surface area (Å²) in [6.45, 7) is 2.26. The van der Waals surface area contributed by atoms with Crippen LogP contribution in [0.1, 0.15) is 25.3 Å². The number of ether oxygens (including phenoxy) is 1. The van der Waals surface area contributed by atoms with Gasteiger partial charge in [0.25, 0.3) is 0 Å². The molecule has 3 N–H and O–H groups in total. The molecule has 1 aliphatic carbocycles. The van der Waals surface area contributed by atoms with E-state index in [-0.39, 0.29) is 30.8 Å². The summed E-state index contributed by atoms with van der Waals surface area (Å²) in [5, 5.41) is 7.78. The van der Waals surface area contributed by atoms with Gasteiger partial charge in [-0.3, -0.25) is 4.79 Å². The van der Waals surface area contributed by atoms with Gasteiger partial charge in [0.05, 0.1) is 13.2 Å². The summed E-state index contributed by atoms with van der Waals surface area (Å²) >= 11 is 0. The highest BCUT2D eigenvalue weighted by Crippen LogP contribution is 2.18. The molecule has 0 atom stereocenters. The lowest BCUT2D eigenvalue weighted by molar-refractivity contribution is -0.120. The Hall–Kier alpha value is -2.31. The van der Waals surface area contributed by atoms with E-state index in [1.165, 1.54) is 12.1 Å². The van der Waals surface area contributed by atoms with Gasteiger partial charge < -0.3 is 20.7 Å². The van der Waals surface area contributed by atoms with E-state index in [1.54, 1.807) is 13.0 Å². The standard InChI is InChI=1S/C15H20FN3O3/c1-2-22-13-6-3-10(7-12(13)16)8-17-15(21)18-9-14(20)19-11-4-5-11/h3,6-7,11H,2,4-5,8-9H2,1H3,(H,19,20)(H2,17,18,21). The first-order chi connectivity index (χ1) is 10.6. The average molecular weight is 309 g/mol. The zero-order chi connectivity index (χ0) is 15.9. The lowest BCUT2D eigenvalue weighted by Gasteiger charge is -2.09. The molecule has 1 aliphatic rings. The SMILES string of the molecule is CCOc1ccc(CNC(=O)NCC(=O)NC2CC2)cc1F. The molecule has 0 unspecified atom stereocenters. The second-order valence-corrected chi connectivity index (χ2v) is 5.08. The van der Waals surface area contributed by atoms with E-state index < -0.39 is 11.8 Å². The van der Waals surface area contributed by atoms with Crippen molar-refractivity contribution in [2.45, 2.75) is 32.4 Å². The lowest BCUT2D eigenvalue weighted by Crippen LogP contribution is -2.42. The van der Waals surface area contributed by atoms with Gasteiger partial charge >= 0.3 is 6.03 Å². The molecule has 0 aromatic heterocycles. The largest absolute Gasteiger partial charge is 0.491 e. The van der Waals surface area contributed by atoms with Crippen LogP contribution >= 0.6 is 0 Å². The molecule has 0 spiro atoms. The summed E-state index contributed by atoms with van der Waals surface area (Å²) in [6, 6.07) is 4.31. The van der Waals surface area contributed by atoms with E-state index in [4.69, 9.17) is 4.74 Å². The van der Waals surface area contributed by atoms with Gasteiger partial charge in [0.15, 0.2) is 11.6 Å². The Morgan fingerprint density at radius 2 is 2.09 bits per heavy atom. The molecule has 0 aliphatic heterocycles. The smallest absolute Gasteiger partial charge is 0.315 e. The van der Waals surface area contributed by atoms with E-state index in [0.717, 1.165) is 12.8 Å². The number of halogens is 1. The highest BCUT2D eigenvalue weighted by molar-refractivity contribution is 5.84. The Morgan fingerprint density at radius 3 is 2.73 bits per heavy atom. The quantitative estimate of drug-likeness (QED) is 0.710. The van der Waals surface area contributed by atoms with Gasteiger partial charge in [-0.2, -0.15) is 0 Å². The maximum absolute atomic E-state index is 13.6. The van der Waals surface area contributed by atoms with Gasteiger partial charge in [-0.25, -0.2) is 9.18 Å². The molecule has 1 fully saturated rings. The molecule has 6 nitrogen and oxygen atoms in total. The number of carbonyl (C=O) groups is 2. The maximum Gasteiger partial charge on any atom is 0.315 e. The predicted octanol–water partition coefficient (Wildman–Crippen LogP) is 1.30. The average Bonchev–Trinajstić information content (AvgIpc) is 3.29. The molecule has 0 bridgehead atoms. The lowest BCUT2D eigenvalue weighted by atomic mass is 10.2. The van der Waals surface area contributed by atoms with Gasteiger partial charge in [-0.15, -0.1) is 0 Å². The summed E-state index contributed by atoms with van der Waals surface area (Å²) in [4.78, 5) is 23.0. The van der Waals surface area contributed by atoms with Gasteiger partial charge in [-0.1, -0.05) is 6.07 Å². The van der Waals surface area contributed by atoms with Crippen LogP contribution in [0, 0.1) is 5.82 Å². The van der Waals surface area contributed by atoms with Crippen LogP contribution in [0.2, 0.25) is 0 Å². The molecule has 22 heavy (non-hydrogen) atoms. The van der Waals surface area contributed by atoms with Crippen LogP contribution in [0.4, 0.5) is 9.18 Å². The van der Waals surface area contributed by atoms with E-state index in [1.807, 2.05) is 0 Å². The Bertz CT molecular complexity index is 547. The normalized spacial score (nSPS) is 13.4. The topological polar surface area (TPSA) is 79.5 Å². The monoisotopic (exact) mass is 309 g/mol. The summed E-state index contributed by atoms with van der Waals surface area (Å²) in [6.07, 6.45) is 2.00. The maximum atomic E-state index is 13.6. The number of rotatable bonds is 7. The van der Waals surface area contributed by atoms with Crippen molar-refractivity contribution >= 4 is 11.9 Å². The van der Waals surface area contributed by atoms with Crippen LogP contribution < -0.4 is 20.7 Å². The first kappa shape index (κ1) is 16.1. The van der Waals surface area contributed by atoms with Crippen LogP contribution in [-0.4, -0.2) is 31.1 Å². The molecule has 120 valence electrons. The fourth-order valence-electron chi connectivity index (χ4n) is 1.84. The van der Waals surface area contributed by atoms with E-state index in [0.29, 0.717) is 12.2 Å². The van der Waals surface area contributed by atoms with Crippen molar-refractivity contribution in [3.8, 4) is 5.75 Å². The molecule has 1 aromatic carbocycles. The minimum Gasteiger partial charge on any atom is -0.491 e. The third kappa shape index (κ3) is 5.23. The number of hydrogen-bond donors (Lipinski definition) is 3. The van der Waals surface area contributed by atoms with Crippen LogP contribution in [0.3, 0.4) is 0 Å². The first-order valence-corrected chi connectivity index (χ1v) is 7.30. The van der Waals surface area contributed by atoms with Gasteiger partial charge in [0.1, 0.15) is 0 Å². The second kappa shape index (κ2) is 7.63. The van der Waals surface area contributed by atoms with Crippen LogP contribution in [-0.2, 0) is 11.3 Å².